The van der Waals surface area contributed by atoms with E-state index in [1.54, 1.807) is 24.3 Å². The van der Waals surface area contributed by atoms with Crippen molar-refractivity contribution in [1.29, 1.82) is 0 Å². The number of hydrogen-bond donors (Lipinski definition) is 2. The van der Waals surface area contributed by atoms with E-state index in [1.807, 2.05) is 36.4 Å². The SMILES string of the molecule is NC(=O)CCCCCCOCc1ccc(-c2ccc3ncnc(Nc4ccc(OCc5cccc(F)c5)c(Cl)c4)c3c2)o1. The summed E-state index contributed by atoms with van der Waals surface area (Å²) in [6.45, 7) is 1.20. The Kier molecular flexibility index (Phi) is 10.2. The molecule has 10 heteroatoms. The molecule has 8 nitrogen and oxygen atoms in total. The quantitative estimate of drug-likeness (QED) is 0.117. The van der Waals surface area contributed by atoms with Crippen LogP contribution < -0.4 is 15.8 Å². The Bertz CT molecular complexity index is 1690. The van der Waals surface area contributed by atoms with Crippen LogP contribution in [0, 0.1) is 5.82 Å². The molecule has 0 saturated carbocycles. The number of carbonyl (C=O) groups is 1. The number of ether oxygens (including phenoxy) is 2. The molecule has 1 amide bonds. The number of halogens is 2. The predicted molar refractivity (Wildman–Crippen MR) is 165 cm³/mol. The number of rotatable bonds is 15. The summed E-state index contributed by atoms with van der Waals surface area (Å²) in [4.78, 5) is 19.7. The lowest BCUT2D eigenvalue weighted by Crippen LogP contribution is -2.09. The number of nitrogens with one attached hydrogen (secondary N) is 1. The van der Waals surface area contributed by atoms with Crippen LogP contribution in [0.5, 0.6) is 5.75 Å². The highest BCUT2D eigenvalue weighted by Crippen LogP contribution is 2.33. The number of primary amides is 1. The van der Waals surface area contributed by atoms with E-state index in [9.17, 15) is 9.18 Å². The van der Waals surface area contributed by atoms with E-state index in [1.165, 1.54) is 18.5 Å². The normalized spacial score (nSPS) is 11.1. The summed E-state index contributed by atoms with van der Waals surface area (Å²) >= 11 is 6.49. The fourth-order valence-electron chi connectivity index (χ4n) is 4.57. The zero-order valence-electron chi connectivity index (χ0n) is 23.5. The summed E-state index contributed by atoms with van der Waals surface area (Å²) in [7, 11) is 0. The van der Waals surface area contributed by atoms with Crippen LogP contribution >= 0.6 is 11.6 Å². The van der Waals surface area contributed by atoms with Crippen molar-refractivity contribution >= 4 is 39.9 Å². The molecule has 0 unspecified atom stereocenters. The number of aromatic nitrogens is 2. The molecule has 0 bridgehead atoms. The van der Waals surface area contributed by atoms with Gasteiger partial charge in [-0.1, -0.05) is 36.6 Å². The van der Waals surface area contributed by atoms with Crippen molar-refractivity contribution < 1.29 is 23.1 Å². The summed E-state index contributed by atoms with van der Waals surface area (Å²) < 4.78 is 31.1. The summed E-state index contributed by atoms with van der Waals surface area (Å²) in [6, 6.07) is 21.3. The Balaban J connectivity index is 1.20. The fraction of sp³-hybridized carbons (Fsp3) is 0.242. The first-order chi connectivity index (χ1) is 20.9. The lowest BCUT2D eigenvalue weighted by Gasteiger charge is -2.12. The van der Waals surface area contributed by atoms with Gasteiger partial charge in [-0.2, -0.15) is 0 Å². The molecule has 0 aliphatic rings. The Morgan fingerprint density at radius 3 is 2.67 bits per heavy atom. The van der Waals surface area contributed by atoms with Crippen LogP contribution in [0.1, 0.15) is 43.4 Å². The van der Waals surface area contributed by atoms with Gasteiger partial charge in [0.05, 0.1) is 10.5 Å². The molecule has 0 aliphatic carbocycles. The molecule has 5 aromatic rings. The Morgan fingerprint density at radius 1 is 0.953 bits per heavy atom. The molecule has 2 heterocycles. The molecule has 3 N–H and O–H groups in total. The van der Waals surface area contributed by atoms with Crippen LogP contribution in [0.25, 0.3) is 22.2 Å². The van der Waals surface area contributed by atoms with Gasteiger partial charge in [0.25, 0.3) is 0 Å². The molecular weight excluding hydrogens is 571 g/mol. The maximum atomic E-state index is 13.5. The van der Waals surface area contributed by atoms with E-state index in [2.05, 4.69) is 15.3 Å². The highest BCUT2D eigenvalue weighted by Gasteiger charge is 2.11. The van der Waals surface area contributed by atoms with Gasteiger partial charge in [-0.3, -0.25) is 4.79 Å². The minimum Gasteiger partial charge on any atom is -0.487 e. The van der Waals surface area contributed by atoms with Crippen LogP contribution in [0.2, 0.25) is 5.02 Å². The van der Waals surface area contributed by atoms with Crippen molar-refractivity contribution in [3.05, 3.63) is 101 Å². The van der Waals surface area contributed by atoms with Gasteiger partial charge in [-0.05, 0) is 79.1 Å². The zero-order chi connectivity index (χ0) is 30.0. The summed E-state index contributed by atoms with van der Waals surface area (Å²) in [5.74, 6) is 1.99. The molecule has 0 saturated heterocycles. The number of carbonyl (C=O) groups excluding carboxylic acids is 1. The van der Waals surface area contributed by atoms with Gasteiger partial charge in [0.2, 0.25) is 5.91 Å². The van der Waals surface area contributed by atoms with E-state index >= 15 is 0 Å². The van der Waals surface area contributed by atoms with Crippen molar-refractivity contribution in [1.82, 2.24) is 9.97 Å². The average Bonchev–Trinajstić information content (AvgIpc) is 3.47. The molecule has 0 atom stereocenters. The maximum absolute atomic E-state index is 13.5. The third-order valence-corrected chi connectivity index (χ3v) is 7.06. The Morgan fingerprint density at radius 2 is 1.84 bits per heavy atom. The molecule has 3 aromatic carbocycles. The van der Waals surface area contributed by atoms with Crippen LogP contribution in [0.15, 0.2) is 83.5 Å². The van der Waals surface area contributed by atoms with E-state index in [-0.39, 0.29) is 18.3 Å². The van der Waals surface area contributed by atoms with Crippen molar-refractivity contribution in [3.63, 3.8) is 0 Å². The molecule has 222 valence electrons. The maximum Gasteiger partial charge on any atom is 0.217 e. The molecule has 0 aliphatic heterocycles. The minimum atomic E-state index is -0.314. The third-order valence-electron chi connectivity index (χ3n) is 6.77. The molecule has 5 rings (SSSR count). The highest BCUT2D eigenvalue weighted by atomic mass is 35.5. The first-order valence-corrected chi connectivity index (χ1v) is 14.5. The van der Waals surface area contributed by atoms with E-state index < -0.39 is 0 Å². The van der Waals surface area contributed by atoms with Gasteiger partial charge in [0.15, 0.2) is 0 Å². The molecule has 0 fully saturated rings. The lowest BCUT2D eigenvalue weighted by atomic mass is 10.1. The van der Waals surface area contributed by atoms with Gasteiger partial charge in [0, 0.05) is 29.7 Å². The smallest absolute Gasteiger partial charge is 0.217 e. The van der Waals surface area contributed by atoms with Gasteiger partial charge in [-0.25, -0.2) is 14.4 Å². The van der Waals surface area contributed by atoms with Crippen LogP contribution in [0.4, 0.5) is 15.9 Å². The minimum absolute atomic E-state index is 0.198. The van der Waals surface area contributed by atoms with E-state index in [0.717, 1.165) is 53.6 Å². The fourth-order valence-corrected chi connectivity index (χ4v) is 4.81. The van der Waals surface area contributed by atoms with Gasteiger partial charge < -0.3 is 24.9 Å². The van der Waals surface area contributed by atoms with Gasteiger partial charge >= 0.3 is 0 Å². The number of amides is 1. The molecular formula is C33H32ClFN4O4. The van der Waals surface area contributed by atoms with E-state index in [0.29, 0.717) is 47.5 Å². The largest absolute Gasteiger partial charge is 0.487 e. The summed E-state index contributed by atoms with van der Waals surface area (Å²) in [5.41, 5.74) is 8.25. The summed E-state index contributed by atoms with van der Waals surface area (Å²) in [6.07, 6.45) is 5.63. The Labute approximate surface area is 254 Å². The number of hydrogen-bond acceptors (Lipinski definition) is 7. The number of benzene rings is 3. The summed E-state index contributed by atoms with van der Waals surface area (Å²) in [5, 5.41) is 4.55. The first-order valence-electron chi connectivity index (χ1n) is 14.1. The second-order valence-electron chi connectivity index (χ2n) is 10.1. The number of nitrogens with two attached hydrogens (primary N) is 1. The van der Waals surface area contributed by atoms with Crippen molar-refractivity contribution in [2.45, 2.75) is 45.3 Å². The van der Waals surface area contributed by atoms with Crippen LogP contribution in [-0.2, 0) is 22.7 Å². The van der Waals surface area contributed by atoms with Gasteiger partial charge in [-0.15, -0.1) is 0 Å². The number of anilines is 2. The van der Waals surface area contributed by atoms with Crippen molar-refractivity contribution in [2.75, 3.05) is 11.9 Å². The topological polar surface area (TPSA) is 113 Å². The first kappa shape index (κ1) is 30.0. The second kappa shape index (κ2) is 14.6. The number of unbranched alkanes of at least 4 members (excludes halogenated alkanes) is 3. The molecule has 2 aromatic heterocycles. The van der Waals surface area contributed by atoms with E-state index in [4.69, 9.17) is 31.2 Å². The third kappa shape index (κ3) is 8.53. The molecule has 0 radical (unpaired) electrons. The van der Waals surface area contributed by atoms with Crippen LogP contribution in [-0.4, -0.2) is 22.5 Å². The zero-order valence-corrected chi connectivity index (χ0v) is 24.3. The second-order valence-corrected chi connectivity index (χ2v) is 10.5. The lowest BCUT2D eigenvalue weighted by molar-refractivity contribution is -0.118. The highest BCUT2D eigenvalue weighted by molar-refractivity contribution is 6.32. The number of nitrogens with zero attached hydrogens (tertiary/aromatic N) is 2. The van der Waals surface area contributed by atoms with Crippen molar-refractivity contribution in [2.24, 2.45) is 5.73 Å². The molecule has 43 heavy (non-hydrogen) atoms. The van der Waals surface area contributed by atoms with Gasteiger partial charge in [0.1, 0.15) is 48.4 Å². The predicted octanol–water partition coefficient (Wildman–Crippen LogP) is 7.96. The van der Waals surface area contributed by atoms with Crippen LogP contribution in [0.3, 0.4) is 0 Å². The average molecular weight is 603 g/mol. The number of furan rings is 1. The Hall–Kier alpha value is -4.47. The monoisotopic (exact) mass is 602 g/mol. The standard InChI is InChI=1S/C33H32ClFN4O4/c34-28-18-25(10-13-31(28)42-19-22-6-5-7-24(35)16-22)39-33-27-17-23(9-12-29(27)37-21-38-33)30-14-11-26(43-30)20-41-15-4-2-1-3-8-32(36)40/h5-7,9-14,16-18,21H,1-4,8,15,19-20H2,(H2,36,40)(H,37,38,39). The molecule has 0 spiro atoms. The van der Waals surface area contributed by atoms with Crippen molar-refractivity contribution in [3.8, 4) is 17.1 Å². The number of fused-ring (bicyclic) bond motifs is 1.